The zero-order valence-corrected chi connectivity index (χ0v) is 20.7. The second-order valence-electron chi connectivity index (χ2n) is 6.94. The topological polar surface area (TPSA) is 70.6 Å². The van der Waals surface area contributed by atoms with Crippen molar-refractivity contribution in [2.75, 3.05) is 19.3 Å². The van der Waals surface area contributed by atoms with E-state index in [0.29, 0.717) is 42.5 Å². The number of alkyl halides is 3. The van der Waals surface area contributed by atoms with Crippen LogP contribution in [0, 0.1) is 6.92 Å². The van der Waals surface area contributed by atoms with Gasteiger partial charge in [-0.05, 0) is 55.2 Å². The Kier molecular flexibility index (Phi) is 10.3. The SMILES string of the molecule is CCNC(=NCc1ccc(S(C)(=O)=O)c(C)c1)NCCc1ccc(C(F)(F)F)cc1.I. The number of hydrogen-bond donors (Lipinski definition) is 2. The molecule has 5 nitrogen and oxygen atoms in total. The van der Waals surface area contributed by atoms with Crippen LogP contribution in [0.2, 0.25) is 0 Å². The molecule has 0 heterocycles. The molecule has 0 aliphatic rings. The lowest BCUT2D eigenvalue weighted by Crippen LogP contribution is -2.38. The molecule has 0 fully saturated rings. The first-order valence-electron chi connectivity index (χ1n) is 9.48. The lowest BCUT2D eigenvalue weighted by molar-refractivity contribution is -0.137. The number of halogens is 4. The van der Waals surface area contributed by atoms with Crippen LogP contribution in [0.25, 0.3) is 0 Å². The van der Waals surface area contributed by atoms with Gasteiger partial charge in [-0.2, -0.15) is 13.2 Å². The highest BCUT2D eigenvalue weighted by Gasteiger charge is 2.29. The molecule has 2 N–H and O–H groups in total. The molecule has 2 aromatic rings. The van der Waals surface area contributed by atoms with Crippen molar-refractivity contribution in [3.8, 4) is 0 Å². The van der Waals surface area contributed by atoms with E-state index in [4.69, 9.17) is 0 Å². The fraction of sp³-hybridized carbons (Fsp3) is 0.381. The molecule has 0 radical (unpaired) electrons. The fourth-order valence-corrected chi connectivity index (χ4v) is 3.88. The quantitative estimate of drug-likeness (QED) is 0.296. The zero-order valence-electron chi connectivity index (χ0n) is 17.6. The summed E-state index contributed by atoms with van der Waals surface area (Å²) in [7, 11) is -3.26. The third-order valence-electron chi connectivity index (χ3n) is 4.39. The second-order valence-corrected chi connectivity index (χ2v) is 8.92. The van der Waals surface area contributed by atoms with Gasteiger partial charge < -0.3 is 10.6 Å². The number of benzene rings is 2. The van der Waals surface area contributed by atoms with Gasteiger partial charge in [-0.1, -0.05) is 24.3 Å². The molecule has 0 atom stereocenters. The van der Waals surface area contributed by atoms with Gasteiger partial charge in [-0.3, -0.25) is 0 Å². The normalized spacial score (nSPS) is 12.3. The van der Waals surface area contributed by atoms with Crippen LogP contribution in [0.15, 0.2) is 52.4 Å². The Morgan fingerprint density at radius 3 is 2.16 bits per heavy atom. The van der Waals surface area contributed by atoms with Crippen LogP contribution in [-0.2, 0) is 29.0 Å². The Hall–Kier alpha value is -1.82. The highest BCUT2D eigenvalue weighted by Crippen LogP contribution is 2.29. The third-order valence-corrected chi connectivity index (χ3v) is 5.65. The van der Waals surface area contributed by atoms with Crippen molar-refractivity contribution in [2.45, 2.75) is 37.9 Å². The summed E-state index contributed by atoms with van der Waals surface area (Å²) in [5.41, 5.74) is 1.68. The molecule has 0 saturated carbocycles. The maximum atomic E-state index is 12.6. The minimum Gasteiger partial charge on any atom is -0.357 e. The number of nitrogens with one attached hydrogen (secondary N) is 2. The highest BCUT2D eigenvalue weighted by atomic mass is 127. The zero-order chi connectivity index (χ0) is 22.4. The van der Waals surface area contributed by atoms with Crippen LogP contribution in [0.3, 0.4) is 0 Å². The largest absolute Gasteiger partial charge is 0.416 e. The molecule has 2 rings (SSSR count). The van der Waals surface area contributed by atoms with Crippen molar-refractivity contribution in [3.05, 3.63) is 64.7 Å². The Morgan fingerprint density at radius 1 is 1.03 bits per heavy atom. The molecule has 0 aliphatic heterocycles. The van der Waals surface area contributed by atoms with E-state index in [0.717, 1.165) is 23.3 Å². The summed E-state index contributed by atoms with van der Waals surface area (Å²) in [6.45, 7) is 5.19. The van der Waals surface area contributed by atoms with Crippen molar-refractivity contribution < 1.29 is 21.6 Å². The second kappa shape index (κ2) is 11.7. The minimum atomic E-state index is -4.33. The molecule has 0 saturated heterocycles. The molecule has 31 heavy (non-hydrogen) atoms. The molecule has 0 unspecified atom stereocenters. The average molecular weight is 569 g/mol. The number of aliphatic imine (C=N–C) groups is 1. The lowest BCUT2D eigenvalue weighted by Gasteiger charge is -2.12. The summed E-state index contributed by atoms with van der Waals surface area (Å²) in [4.78, 5) is 4.79. The van der Waals surface area contributed by atoms with E-state index >= 15 is 0 Å². The van der Waals surface area contributed by atoms with Crippen molar-refractivity contribution >= 4 is 39.8 Å². The predicted molar refractivity (Wildman–Crippen MR) is 128 cm³/mol. The van der Waals surface area contributed by atoms with E-state index in [1.165, 1.54) is 18.4 Å². The van der Waals surface area contributed by atoms with Gasteiger partial charge in [0.1, 0.15) is 0 Å². The van der Waals surface area contributed by atoms with Crippen LogP contribution >= 0.6 is 24.0 Å². The van der Waals surface area contributed by atoms with Crippen LogP contribution in [0.4, 0.5) is 13.2 Å². The Labute approximate surface area is 198 Å². The molecular weight excluding hydrogens is 542 g/mol. The number of guanidine groups is 1. The number of hydrogen-bond acceptors (Lipinski definition) is 3. The Balaban J connectivity index is 0.00000480. The summed E-state index contributed by atoms with van der Waals surface area (Å²) >= 11 is 0. The first-order valence-corrected chi connectivity index (χ1v) is 11.4. The van der Waals surface area contributed by atoms with Gasteiger partial charge in [0.25, 0.3) is 0 Å². The van der Waals surface area contributed by atoms with Gasteiger partial charge >= 0.3 is 6.18 Å². The summed E-state index contributed by atoms with van der Waals surface area (Å²) in [6, 6.07) is 10.2. The molecule has 0 spiro atoms. The molecule has 10 heteroatoms. The van der Waals surface area contributed by atoms with Gasteiger partial charge in [0.05, 0.1) is 17.0 Å². The lowest BCUT2D eigenvalue weighted by atomic mass is 10.1. The molecule has 0 aliphatic carbocycles. The summed E-state index contributed by atoms with van der Waals surface area (Å²) in [6.07, 6.45) is -2.61. The van der Waals surface area contributed by atoms with Crippen molar-refractivity contribution in [1.29, 1.82) is 0 Å². The molecule has 2 aromatic carbocycles. The van der Waals surface area contributed by atoms with E-state index in [2.05, 4.69) is 15.6 Å². The number of rotatable bonds is 7. The summed E-state index contributed by atoms with van der Waals surface area (Å²) < 4.78 is 61.3. The van der Waals surface area contributed by atoms with Gasteiger partial charge in [0, 0.05) is 19.3 Å². The molecule has 0 amide bonds. The highest BCUT2D eigenvalue weighted by molar-refractivity contribution is 14.0. The summed E-state index contributed by atoms with van der Waals surface area (Å²) in [5, 5.41) is 6.27. The van der Waals surface area contributed by atoms with Crippen LogP contribution < -0.4 is 10.6 Å². The van der Waals surface area contributed by atoms with Crippen molar-refractivity contribution in [2.24, 2.45) is 4.99 Å². The van der Waals surface area contributed by atoms with E-state index in [9.17, 15) is 21.6 Å². The van der Waals surface area contributed by atoms with E-state index in [1.54, 1.807) is 25.1 Å². The van der Waals surface area contributed by atoms with E-state index in [1.807, 2.05) is 6.92 Å². The van der Waals surface area contributed by atoms with Crippen LogP contribution in [0.1, 0.15) is 29.2 Å². The maximum absolute atomic E-state index is 12.6. The first kappa shape index (κ1) is 27.2. The van der Waals surface area contributed by atoms with Crippen molar-refractivity contribution in [1.82, 2.24) is 10.6 Å². The van der Waals surface area contributed by atoms with Gasteiger partial charge in [0.15, 0.2) is 15.8 Å². The van der Waals surface area contributed by atoms with Gasteiger partial charge in [-0.15, -0.1) is 24.0 Å². The van der Waals surface area contributed by atoms with Crippen LogP contribution in [-0.4, -0.2) is 33.7 Å². The van der Waals surface area contributed by atoms with Crippen molar-refractivity contribution in [3.63, 3.8) is 0 Å². The number of sulfone groups is 1. The Bertz CT molecular complexity index is 992. The molecule has 172 valence electrons. The maximum Gasteiger partial charge on any atom is 0.416 e. The Morgan fingerprint density at radius 2 is 1.65 bits per heavy atom. The standard InChI is InChI=1S/C21H26F3N3O2S.HI/c1-4-25-20(26-12-11-16-5-8-18(9-6-16)21(22,23)24)27-14-17-7-10-19(15(2)13-17)30(3,28)29;/h5-10,13H,4,11-12,14H2,1-3H3,(H2,25,26,27);1H. The monoisotopic (exact) mass is 569 g/mol. The third kappa shape index (κ3) is 8.68. The number of aryl methyl sites for hydroxylation is 1. The van der Waals surface area contributed by atoms with E-state index in [-0.39, 0.29) is 24.0 Å². The van der Waals surface area contributed by atoms with Crippen LogP contribution in [0.5, 0.6) is 0 Å². The average Bonchev–Trinajstić information content (AvgIpc) is 2.65. The first-order chi connectivity index (χ1) is 14.0. The molecule has 0 aromatic heterocycles. The smallest absolute Gasteiger partial charge is 0.357 e. The predicted octanol–water partition coefficient (Wildman–Crippen LogP) is 4.33. The molecular formula is C21H27F3IN3O2S. The van der Waals surface area contributed by atoms with Gasteiger partial charge in [0.2, 0.25) is 0 Å². The van der Waals surface area contributed by atoms with Gasteiger partial charge in [-0.25, -0.2) is 13.4 Å². The van der Waals surface area contributed by atoms with E-state index < -0.39 is 21.6 Å². The molecule has 0 bridgehead atoms. The minimum absolute atomic E-state index is 0. The summed E-state index contributed by atoms with van der Waals surface area (Å²) in [5.74, 6) is 0.578. The number of nitrogens with zero attached hydrogens (tertiary/aromatic N) is 1. The fourth-order valence-electron chi connectivity index (χ4n) is 2.92.